The van der Waals surface area contributed by atoms with E-state index in [-0.39, 0.29) is 5.91 Å². The van der Waals surface area contributed by atoms with Crippen molar-refractivity contribution in [1.82, 2.24) is 20.4 Å². The lowest BCUT2D eigenvalue weighted by molar-refractivity contribution is 0.0925. The molecule has 2 N–H and O–H groups in total. The molecule has 2 aliphatic rings. The van der Waals surface area contributed by atoms with Gasteiger partial charge in [-0.3, -0.25) is 9.79 Å². The maximum Gasteiger partial charge on any atom is 0.287 e. The molecule has 1 unspecified atom stereocenters. The average Bonchev–Trinajstić information content (AvgIpc) is 3.43. The molecule has 1 amide bonds. The first kappa shape index (κ1) is 20.7. The Balaban J connectivity index is 1.40. The van der Waals surface area contributed by atoms with Crippen molar-refractivity contribution in [3.05, 3.63) is 23.7 Å². The fraction of sp³-hybridized carbons (Fsp3) is 0.714. The summed E-state index contributed by atoms with van der Waals surface area (Å²) in [5, 5.41) is 6.34. The Hall–Kier alpha value is -2.02. The summed E-state index contributed by atoms with van der Waals surface area (Å²) in [7, 11) is 0. The van der Waals surface area contributed by atoms with Crippen LogP contribution in [0.15, 0.2) is 21.7 Å². The molecule has 2 fully saturated rings. The van der Waals surface area contributed by atoms with E-state index in [4.69, 9.17) is 9.41 Å². The van der Waals surface area contributed by atoms with Crippen LogP contribution in [-0.4, -0.2) is 74.0 Å². The first-order valence-electron chi connectivity index (χ1n) is 10.7. The molecule has 3 heterocycles. The molecule has 1 aromatic rings. The molecule has 0 saturated carbocycles. The number of carbonyl (C=O) groups is 1. The van der Waals surface area contributed by atoms with Crippen molar-refractivity contribution >= 4 is 11.9 Å². The Morgan fingerprint density at radius 2 is 2.11 bits per heavy atom. The normalized spacial score (nSPS) is 20.7. The average molecular weight is 390 g/mol. The van der Waals surface area contributed by atoms with Crippen LogP contribution in [0, 0.1) is 12.8 Å². The second-order valence-corrected chi connectivity index (χ2v) is 7.89. The van der Waals surface area contributed by atoms with Gasteiger partial charge in [-0.05, 0) is 64.6 Å². The van der Waals surface area contributed by atoms with E-state index in [0.29, 0.717) is 18.8 Å². The molecule has 2 saturated heterocycles. The predicted octanol–water partition coefficient (Wildman–Crippen LogP) is 2.09. The van der Waals surface area contributed by atoms with E-state index in [0.717, 1.165) is 43.5 Å². The van der Waals surface area contributed by atoms with Crippen molar-refractivity contribution in [2.75, 3.05) is 52.4 Å². The number of guanidine groups is 1. The highest BCUT2D eigenvalue weighted by molar-refractivity contribution is 5.92. The molecule has 0 aromatic carbocycles. The molecule has 1 atom stereocenters. The lowest BCUT2D eigenvalue weighted by Crippen LogP contribution is -2.41. The van der Waals surface area contributed by atoms with Crippen LogP contribution in [-0.2, 0) is 0 Å². The van der Waals surface area contributed by atoms with Gasteiger partial charge in [0.25, 0.3) is 5.91 Å². The standard InChI is InChI=1S/C21H35N5O2/c1-3-22-21(26-13-7-18(16-26)15-25-11-4-5-12-25)24-10-6-9-23-20(27)19-17(2)8-14-28-19/h8,14,18H,3-7,9-13,15-16H2,1-2H3,(H,22,24)(H,23,27). The number of rotatable bonds is 8. The summed E-state index contributed by atoms with van der Waals surface area (Å²) in [5.74, 6) is 2.01. The number of hydrogen-bond acceptors (Lipinski definition) is 4. The number of hydrogen-bond donors (Lipinski definition) is 2. The number of aliphatic imine (C=N–C) groups is 1. The summed E-state index contributed by atoms with van der Waals surface area (Å²) >= 11 is 0. The molecule has 0 spiro atoms. The molecule has 28 heavy (non-hydrogen) atoms. The summed E-state index contributed by atoms with van der Waals surface area (Å²) in [6.07, 6.45) is 6.32. The van der Waals surface area contributed by atoms with Gasteiger partial charge in [-0.25, -0.2) is 0 Å². The third-order valence-electron chi connectivity index (χ3n) is 5.59. The molecule has 3 rings (SSSR count). The molecular formula is C21H35N5O2. The highest BCUT2D eigenvalue weighted by Gasteiger charge is 2.27. The van der Waals surface area contributed by atoms with Gasteiger partial charge >= 0.3 is 0 Å². The zero-order valence-electron chi connectivity index (χ0n) is 17.4. The summed E-state index contributed by atoms with van der Waals surface area (Å²) < 4.78 is 5.22. The van der Waals surface area contributed by atoms with Crippen LogP contribution in [0.1, 0.15) is 48.7 Å². The van der Waals surface area contributed by atoms with E-state index in [2.05, 4.69) is 27.4 Å². The molecule has 7 heteroatoms. The largest absolute Gasteiger partial charge is 0.459 e. The lowest BCUT2D eigenvalue weighted by atomic mass is 10.1. The van der Waals surface area contributed by atoms with Crippen molar-refractivity contribution in [3.8, 4) is 0 Å². The smallest absolute Gasteiger partial charge is 0.287 e. The van der Waals surface area contributed by atoms with E-state index < -0.39 is 0 Å². The van der Waals surface area contributed by atoms with Crippen LogP contribution in [0.5, 0.6) is 0 Å². The second kappa shape index (κ2) is 10.5. The Morgan fingerprint density at radius 1 is 1.29 bits per heavy atom. The van der Waals surface area contributed by atoms with E-state index in [1.165, 1.54) is 38.9 Å². The van der Waals surface area contributed by atoms with Crippen molar-refractivity contribution in [2.45, 2.75) is 39.5 Å². The number of furan rings is 1. The monoisotopic (exact) mass is 389 g/mol. The maximum atomic E-state index is 12.0. The van der Waals surface area contributed by atoms with Gasteiger partial charge in [0.1, 0.15) is 0 Å². The molecule has 7 nitrogen and oxygen atoms in total. The van der Waals surface area contributed by atoms with Crippen LogP contribution in [0.2, 0.25) is 0 Å². The zero-order valence-corrected chi connectivity index (χ0v) is 17.4. The van der Waals surface area contributed by atoms with Crippen LogP contribution in [0.25, 0.3) is 0 Å². The van der Waals surface area contributed by atoms with Crippen molar-refractivity contribution in [3.63, 3.8) is 0 Å². The van der Waals surface area contributed by atoms with E-state index in [1.54, 1.807) is 12.3 Å². The molecule has 0 bridgehead atoms. The summed E-state index contributed by atoms with van der Waals surface area (Å²) in [5.41, 5.74) is 0.863. The minimum Gasteiger partial charge on any atom is -0.459 e. The molecule has 2 aliphatic heterocycles. The Labute approximate surface area is 168 Å². The first-order chi connectivity index (χ1) is 13.7. The van der Waals surface area contributed by atoms with E-state index in [9.17, 15) is 4.79 Å². The highest BCUT2D eigenvalue weighted by atomic mass is 16.3. The second-order valence-electron chi connectivity index (χ2n) is 7.89. The lowest BCUT2D eigenvalue weighted by Gasteiger charge is -2.23. The fourth-order valence-electron chi connectivity index (χ4n) is 4.08. The maximum absolute atomic E-state index is 12.0. The van der Waals surface area contributed by atoms with Gasteiger partial charge in [-0.2, -0.15) is 0 Å². The van der Waals surface area contributed by atoms with Gasteiger partial charge < -0.3 is 24.9 Å². The number of aryl methyl sites for hydroxylation is 1. The predicted molar refractivity (Wildman–Crippen MR) is 112 cm³/mol. The van der Waals surface area contributed by atoms with Gasteiger partial charge in [0.2, 0.25) is 0 Å². The van der Waals surface area contributed by atoms with Gasteiger partial charge in [0.15, 0.2) is 11.7 Å². The van der Waals surface area contributed by atoms with E-state index >= 15 is 0 Å². The summed E-state index contributed by atoms with van der Waals surface area (Å²) in [4.78, 5) is 21.8. The quantitative estimate of drug-likeness (QED) is 0.405. The highest BCUT2D eigenvalue weighted by Crippen LogP contribution is 2.20. The molecule has 0 aliphatic carbocycles. The van der Waals surface area contributed by atoms with Crippen LogP contribution in [0.4, 0.5) is 0 Å². The van der Waals surface area contributed by atoms with E-state index in [1.807, 2.05) is 6.92 Å². The topological polar surface area (TPSA) is 73.1 Å². The van der Waals surface area contributed by atoms with Gasteiger partial charge in [0, 0.05) is 44.8 Å². The Bertz CT molecular complexity index is 651. The molecular weight excluding hydrogens is 354 g/mol. The first-order valence-corrected chi connectivity index (χ1v) is 10.7. The van der Waals surface area contributed by atoms with Crippen molar-refractivity contribution in [2.24, 2.45) is 10.9 Å². The fourth-order valence-corrected chi connectivity index (χ4v) is 4.08. The third-order valence-corrected chi connectivity index (χ3v) is 5.59. The molecule has 0 radical (unpaired) electrons. The third kappa shape index (κ3) is 5.74. The van der Waals surface area contributed by atoms with Gasteiger partial charge in [-0.1, -0.05) is 0 Å². The van der Waals surface area contributed by atoms with Crippen LogP contribution < -0.4 is 10.6 Å². The molecule has 156 valence electrons. The number of likely N-dealkylation sites (tertiary alicyclic amines) is 2. The Kier molecular flexibility index (Phi) is 7.77. The summed E-state index contributed by atoms with van der Waals surface area (Å²) in [6.45, 7) is 12.1. The summed E-state index contributed by atoms with van der Waals surface area (Å²) in [6, 6.07) is 1.80. The van der Waals surface area contributed by atoms with Gasteiger partial charge in [-0.15, -0.1) is 0 Å². The number of amides is 1. The van der Waals surface area contributed by atoms with Crippen molar-refractivity contribution < 1.29 is 9.21 Å². The minimum absolute atomic E-state index is 0.150. The zero-order chi connectivity index (χ0) is 19.8. The van der Waals surface area contributed by atoms with Crippen molar-refractivity contribution in [1.29, 1.82) is 0 Å². The Morgan fingerprint density at radius 3 is 2.82 bits per heavy atom. The number of nitrogens with zero attached hydrogens (tertiary/aromatic N) is 3. The van der Waals surface area contributed by atoms with Gasteiger partial charge in [0.05, 0.1) is 6.26 Å². The minimum atomic E-state index is -0.150. The number of carbonyl (C=O) groups excluding carboxylic acids is 1. The number of nitrogens with one attached hydrogen (secondary N) is 2. The SMILES string of the molecule is CCNC(=NCCCNC(=O)c1occc1C)N1CCC(CN2CCCC2)C1. The van der Waals surface area contributed by atoms with Crippen LogP contribution >= 0.6 is 0 Å². The molecule has 1 aromatic heterocycles. The van der Waals surface area contributed by atoms with Crippen LogP contribution in [0.3, 0.4) is 0 Å².